The van der Waals surface area contributed by atoms with Crippen LogP contribution in [-0.2, 0) is 0 Å². The summed E-state index contributed by atoms with van der Waals surface area (Å²) in [4.78, 5) is 21.3. The number of hydrogen-bond acceptors (Lipinski definition) is 4. The number of carbonyl (C=O) groups excluding carboxylic acids is 1. The maximum atomic E-state index is 12.6. The van der Waals surface area contributed by atoms with E-state index in [1.165, 1.54) is 11.9 Å². The van der Waals surface area contributed by atoms with Gasteiger partial charge in [0, 0.05) is 28.6 Å². The van der Waals surface area contributed by atoms with E-state index in [-0.39, 0.29) is 5.91 Å². The first-order valence-electron chi connectivity index (χ1n) is 9.71. The second-order valence-corrected chi connectivity index (χ2v) is 7.18. The summed E-state index contributed by atoms with van der Waals surface area (Å²) < 4.78 is 0. The van der Waals surface area contributed by atoms with Crippen molar-refractivity contribution in [2.45, 2.75) is 13.8 Å². The molecule has 5 heteroatoms. The first kappa shape index (κ1) is 19.3. The first-order chi connectivity index (χ1) is 14.6. The Bertz CT molecular complexity index is 1190. The van der Waals surface area contributed by atoms with E-state index in [1.807, 2.05) is 61.5 Å². The third-order valence-corrected chi connectivity index (χ3v) is 4.69. The van der Waals surface area contributed by atoms with E-state index in [2.05, 4.69) is 39.7 Å². The average molecular weight is 394 g/mol. The highest BCUT2D eigenvalue weighted by Crippen LogP contribution is 2.22. The maximum Gasteiger partial charge on any atom is 0.255 e. The van der Waals surface area contributed by atoms with Gasteiger partial charge in [-0.1, -0.05) is 47.5 Å². The van der Waals surface area contributed by atoms with Crippen molar-refractivity contribution >= 4 is 23.1 Å². The van der Waals surface area contributed by atoms with Gasteiger partial charge < -0.3 is 10.6 Å². The van der Waals surface area contributed by atoms with Crippen molar-refractivity contribution in [3.8, 4) is 11.3 Å². The number of aryl methyl sites for hydroxylation is 2. The number of hydrogen-bond donors (Lipinski definition) is 2. The molecule has 0 fully saturated rings. The summed E-state index contributed by atoms with van der Waals surface area (Å²) in [5.41, 5.74) is 6.30. The minimum absolute atomic E-state index is 0.161. The molecule has 5 nitrogen and oxygen atoms in total. The first-order valence-corrected chi connectivity index (χ1v) is 9.71. The van der Waals surface area contributed by atoms with E-state index in [9.17, 15) is 4.79 Å². The van der Waals surface area contributed by atoms with Crippen molar-refractivity contribution in [2.24, 2.45) is 0 Å². The number of nitrogens with zero attached hydrogens (tertiary/aromatic N) is 2. The van der Waals surface area contributed by atoms with Crippen LogP contribution in [0, 0.1) is 13.8 Å². The Kier molecular flexibility index (Phi) is 5.52. The molecule has 0 aliphatic carbocycles. The van der Waals surface area contributed by atoms with Gasteiger partial charge in [0.2, 0.25) is 0 Å². The lowest BCUT2D eigenvalue weighted by Gasteiger charge is -2.10. The average Bonchev–Trinajstić information content (AvgIpc) is 2.76. The molecule has 3 aromatic carbocycles. The lowest BCUT2D eigenvalue weighted by Crippen LogP contribution is -2.12. The summed E-state index contributed by atoms with van der Waals surface area (Å²) in [6.45, 7) is 4.06. The highest BCUT2D eigenvalue weighted by Gasteiger charge is 2.08. The maximum absolute atomic E-state index is 12.6. The van der Waals surface area contributed by atoms with Crippen LogP contribution >= 0.6 is 0 Å². The van der Waals surface area contributed by atoms with E-state index in [0.29, 0.717) is 11.4 Å². The van der Waals surface area contributed by atoms with Crippen LogP contribution in [0.25, 0.3) is 11.3 Å². The van der Waals surface area contributed by atoms with Gasteiger partial charge in [-0.05, 0) is 50.2 Å². The van der Waals surface area contributed by atoms with Crippen molar-refractivity contribution in [1.82, 2.24) is 9.97 Å². The number of rotatable bonds is 5. The molecule has 0 radical (unpaired) electrons. The van der Waals surface area contributed by atoms with Crippen molar-refractivity contribution < 1.29 is 4.79 Å². The molecule has 0 saturated carbocycles. The van der Waals surface area contributed by atoms with Crippen molar-refractivity contribution in [3.05, 3.63) is 102 Å². The smallest absolute Gasteiger partial charge is 0.255 e. The molecule has 148 valence electrons. The Balaban J connectivity index is 1.51. The predicted octanol–water partition coefficient (Wildman–Crippen LogP) is 5.76. The Morgan fingerprint density at radius 2 is 1.57 bits per heavy atom. The monoisotopic (exact) mass is 394 g/mol. The minimum Gasteiger partial charge on any atom is -0.340 e. The summed E-state index contributed by atoms with van der Waals surface area (Å²) in [6, 6.07) is 25.1. The van der Waals surface area contributed by atoms with Crippen LogP contribution in [0.5, 0.6) is 0 Å². The number of carbonyl (C=O) groups is 1. The van der Waals surface area contributed by atoms with Gasteiger partial charge in [0.15, 0.2) is 0 Å². The molecule has 0 bridgehead atoms. The number of anilines is 3. The van der Waals surface area contributed by atoms with Gasteiger partial charge in [-0.2, -0.15) is 0 Å². The van der Waals surface area contributed by atoms with Crippen molar-refractivity contribution in [3.63, 3.8) is 0 Å². The minimum atomic E-state index is -0.161. The summed E-state index contributed by atoms with van der Waals surface area (Å²) in [5, 5.41) is 6.18. The molecule has 30 heavy (non-hydrogen) atoms. The molecule has 2 N–H and O–H groups in total. The van der Waals surface area contributed by atoms with E-state index in [1.54, 1.807) is 12.1 Å². The Morgan fingerprint density at radius 1 is 0.767 bits per heavy atom. The fourth-order valence-electron chi connectivity index (χ4n) is 3.11. The predicted molar refractivity (Wildman–Crippen MR) is 121 cm³/mol. The number of benzene rings is 3. The quantitative estimate of drug-likeness (QED) is 0.452. The molecular weight excluding hydrogens is 372 g/mol. The molecule has 0 atom stereocenters. The van der Waals surface area contributed by atoms with Crippen LogP contribution < -0.4 is 10.6 Å². The van der Waals surface area contributed by atoms with E-state index in [4.69, 9.17) is 0 Å². The van der Waals surface area contributed by atoms with Gasteiger partial charge in [0.1, 0.15) is 12.1 Å². The van der Waals surface area contributed by atoms with Gasteiger partial charge in [0.05, 0.1) is 5.69 Å². The Hall–Kier alpha value is -3.99. The largest absolute Gasteiger partial charge is 0.340 e. The Morgan fingerprint density at radius 3 is 2.37 bits per heavy atom. The zero-order chi connectivity index (χ0) is 20.9. The third-order valence-electron chi connectivity index (χ3n) is 4.69. The van der Waals surface area contributed by atoms with Crippen LogP contribution in [0.3, 0.4) is 0 Å². The summed E-state index contributed by atoms with van der Waals surface area (Å²) in [7, 11) is 0. The van der Waals surface area contributed by atoms with Crippen molar-refractivity contribution in [1.29, 1.82) is 0 Å². The Labute approximate surface area is 175 Å². The molecule has 1 aromatic heterocycles. The van der Waals surface area contributed by atoms with Gasteiger partial charge >= 0.3 is 0 Å². The topological polar surface area (TPSA) is 66.9 Å². The SMILES string of the molecule is Cc1ccc(NC(=O)c2cccc(Nc3cc(-c4cccc(C)c4)ncn3)c2)cc1. The summed E-state index contributed by atoms with van der Waals surface area (Å²) in [6.07, 6.45) is 1.54. The highest BCUT2D eigenvalue weighted by atomic mass is 16.1. The fourth-order valence-corrected chi connectivity index (χ4v) is 3.11. The molecule has 0 aliphatic heterocycles. The number of nitrogens with one attached hydrogen (secondary N) is 2. The van der Waals surface area contributed by atoms with E-state index < -0.39 is 0 Å². The van der Waals surface area contributed by atoms with Crippen LogP contribution in [0.1, 0.15) is 21.5 Å². The van der Waals surface area contributed by atoms with E-state index >= 15 is 0 Å². The van der Waals surface area contributed by atoms with E-state index in [0.717, 1.165) is 28.2 Å². The lowest BCUT2D eigenvalue weighted by molar-refractivity contribution is 0.102. The van der Waals surface area contributed by atoms with Gasteiger partial charge in [-0.15, -0.1) is 0 Å². The molecule has 0 spiro atoms. The lowest BCUT2D eigenvalue weighted by atomic mass is 10.1. The van der Waals surface area contributed by atoms with Gasteiger partial charge in [-0.3, -0.25) is 4.79 Å². The van der Waals surface area contributed by atoms with Crippen molar-refractivity contribution in [2.75, 3.05) is 10.6 Å². The molecule has 4 aromatic rings. The zero-order valence-electron chi connectivity index (χ0n) is 16.9. The molecule has 0 unspecified atom stereocenters. The number of aromatic nitrogens is 2. The van der Waals surface area contributed by atoms with Crippen LogP contribution in [0.2, 0.25) is 0 Å². The molecule has 4 rings (SSSR count). The van der Waals surface area contributed by atoms with Gasteiger partial charge in [-0.25, -0.2) is 9.97 Å². The number of amides is 1. The van der Waals surface area contributed by atoms with Crippen LogP contribution in [-0.4, -0.2) is 15.9 Å². The fraction of sp³-hybridized carbons (Fsp3) is 0.0800. The molecular formula is C25H22N4O. The third kappa shape index (κ3) is 4.70. The van der Waals surface area contributed by atoms with Crippen LogP contribution in [0.4, 0.5) is 17.2 Å². The van der Waals surface area contributed by atoms with Crippen LogP contribution in [0.15, 0.2) is 85.2 Å². The molecule has 0 aliphatic rings. The normalized spacial score (nSPS) is 10.5. The molecule has 0 saturated heterocycles. The molecule has 1 heterocycles. The standard InChI is InChI=1S/C25H22N4O/c1-17-9-11-21(12-10-17)29-25(30)20-7-4-8-22(14-20)28-24-15-23(26-16-27-24)19-6-3-5-18(2)13-19/h3-16H,1-2H3,(H,29,30)(H,26,27,28). The zero-order valence-corrected chi connectivity index (χ0v) is 16.9. The second-order valence-electron chi connectivity index (χ2n) is 7.18. The van der Waals surface area contributed by atoms with Gasteiger partial charge in [0.25, 0.3) is 5.91 Å². The summed E-state index contributed by atoms with van der Waals surface area (Å²) >= 11 is 0. The molecule has 1 amide bonds. The highest BCUT2D eigenvalue weighted by molar-refractivity contribution is 6.04. The summed E-state index contributed by atoms with van der Waals surface area (Å²) in [5.74, 6) is 0.503. The second kappa shape index (κ2) is 8.57.